The van der Waals surface area contributed by atoms with E-state index in [0.717, 1.165) is 10.5 Å². The second-order valence-corrected chi connectivity index (χ2v) is 6.93. The molecule has 1 aromatic carbocycles. The highest BCUT2D eigenvalue weighted by molar-refractivity contribution is 5.77. The Morgan fingerprint density at radius 2 is 1.93 bits per heavy atom. The average molecular weight is 387 g/mol. The van der Waals surface area contributed by atoms with E-state index in [9.17, 15) is 22.8 Å². The van der Waals surface area contributed by atoms with Gasteiger partial charge in [0.05, 0.1) is 11.8 Å². The number of aliphatic carboxylic acids is 1. The number of nitrogens with one attached hydrogen (secondary N) is 1. The molecule has 2 amide bonds. The van der Waals surface area contributed by atoms with E-state index < -0.39 is 43.1 Å². The third-order valence-corrected chi connectivity index (χ3v) is 4.92. The molecule has 0 spiro atoms. The molecule has 1 heterocycles. The third kappa shape index (κ3) is 5.59. The number of likely N-dealkylation sites (tertiary alicyclic amines) is 1. The number of carbonyl (C=O) groups is 2. The lowest BCUT2D eigenvalue weighted by Gasteiger charge is -2.26. The predicted molar refractivity (Wildman–Crippen MR) is 93.0 cm³/mol. The SMILES string of the molecule is CC(CNC(=O)N1C[C@@H](C(F)(F)F)[C@H](C(=O)O)C1)N(C)Cc1ccccc1. The van der Waals surface area contributed by atoms with Crippen LogP contribution >= 0.6 is 0 Å². The first-order valence-corrected chi connectivity index (χ1v) is 8.66. The fraction of sp³-hybridized carbons (Fsp3) is 0.556. The second-order valence-electron chi connectivity index (χ2n) is 6.93. The fourth-order valence-electron chi connectivity index (χ4n) is 3.08. The van der Waals surface area contributed by atoms with Crippen LogP contribution < -0.4 is 5.32 Å². The number of benzene rings is 1. The minimum absolute atomic E-state index is 0.0505. The maximum Gasteiger partial charge on any atom is 0.394 e. The van der Waals surface area contributed by atoms with Crippen LogP contribution in [0.25, 0.3) is 0 Å². The van der Waals surface area contributed by atoms with Crippen molar-refractivity contribution in [3.63, 3.8) is 0 Å². The zero-order valence-electron chi connectivity index (χ0n) is 15.2. The van der Waals surface area contributed by atoms with E-state index in [1.807, 2.05) is 49.2 Å². The molecule has 0 aromatic heterocycles. The monoisotopic (exact) mass is 387 g/mol. The number of urea groups is 1. The number of halogens is 3. The molecule has 1 aliphatic heterocycles. The van der Waals surface area contributed by atoms with Crippen molar-refractivity contribution in [3.8, 4) is 0 Å². The standard InChI is InChI=1S/C18H24F3N3O3/c1-12(23(2)9-13-6-4-3-5-7-13)8-22-17(27)24-10-14(16(25)26)15(11-24)18(19,20)21/h3-7,12,14-15H,8-11H2,1-2H3,(H,22,27)(H,25,26)/t12?,14-,15-/m1/s1. The summed E-state index contributed by atoms with van der Waals surface area (Å²) in [7, 11) is 1.89. The van der Waals surface area contributed by atoms with Crippen LogP contribution in [-0.2, 0) is 11.3 Å². The second kappa shape index (κ2) is 8.60. The molecule has 27 heavy (non-hydrogen) atoms. The zero-order chi connectivity index (χ0) is 20.2. The summed E-state index contributed by atoms with van der Waals surface area (Å²) in [5.74, 6) is -5.21. The first kappa shape index (κ1) is 21.0. The van der Waals surface area contributed by atoms with Gasteiger partial charge in [0.25, 0.3) is 0 Å². The number of alkyl halides is 3. The van der Waals surface area contributed by atoms with Crippen LogP contribution in [0.3, 0.4) is 0 Å². The number of carboxylic acid groups (broad SMARTS) is 1. The van der Waals surface area contributed by atoms with Gasteiger partial charge in [-0.15, -0.1) is 0 Å². The fourth-order valence-corrected chi connectivity index (χ4v) is 3.08. The number of nitrogens with zero attached hydrogens (tertiary/aromatic N) is 2. The van der Waals surface area contributed by atoms with Gasteiger partial charge in [-0.1, -0.05) is 30.3 Å². The molecule has 0 radical (unpaired) electrons. The van der Waals surface area contributed by atoms with Gasteiger partial charge in [0, 0.05) is 32.2 Å². The van der Waals surface area contributed by atoms with Crippen molar-refractivity contribution in [2.75, 3.05) is 26.7 Å². The van der Waals surface area contributed by atoms with Gasteiger partial charge in [-0.2, -0.15) is 13.2 Å². The summed E-state index contributed by atoms with van der Waals surface area (Å²) in [4.78, 5) is 26.2. The highest BCUT2D eigenvalue weighted by Gasteiger charge is 2.53. The lowest BCUT2D eigenvalue weighted by Crippen LogP contribution is -2.45. The Morgan fingerprint density at radius 3 is 2.44 bits per heavy atom. The number of amides is 2. The highest BCUT2D eigenvalue weighted by Crippen LogP contribution is 2.37. The molecular formula is C18H24F3N3O3. The van der Waals surface area contributed by atoms with Gasteiger partial charge in [-0.3, -0.25) is 9.69 Å². The van der Waals surface area contributed by atoms with Gasteiger partial charge in [0.15, 0.2) is 0 Å². The van der Waals surface area contributed by atoms with E-state index in [2.05, 4.69) is 5.32 Å². The molecule has 0 bridgehead atoms. The average Bonchev–Trinajstić information content (AvgIpc) is 3.06. The van der Waals surface area contributed by atoms with E-state index >= 15 is 0 Å². The minimum Gasteiger partial charge on any atom is -0.481 e. The van der Waals surface area contributed by atoms with Crippen molar-refractivity contribution in [1.29, 1.82) is 0 Å². The van der Waals surface area contributed by atoms with E-state index in [-0.39, 0.29) is 12.6 Å². The smallest absolute Gasteiger partial charge is 0.394 e. The number of hydrogen-bond acceptors (Lipinski definition) is 3. The topological polar surface area (TPSA) is 72.9 Å². The van der Waals surface area contributed by atoms with Gasteiger partial charge in [-0.05, 0) is 19.5 Å². The number of rotatable bonds is 6. The molecule has 1 unspecified atom stereocenters. The molecule has 1 fully saturated rings. The van der Waals surface area contributed by atoms with E-state index in [1.54, 1.807) is 0 Å². The van der Waals surface area contributed by atoms with Gasteiger partial charge < -0.3 is 15.3 Å². The number of likely N-dealkylation sites (N-methyl/N-ethyl adjacent to an activating group) is 1. The molecular weight excluding hydrogens is 363 g/mol. The molecule has 1 aliphatic rings. The summed E-state index contributed by atoms with van der Waals surface area (Å²) in [6, 6.07) is 9.02. The Labute approximate surface area is 155 Å². The first-order chi connectivity index (χ1) is 12.6. The maximum atomic E-state index is 13.0. The van der Waals surface area contributed by atoms with Crippen LogP contribution in [0.1, 0.15) is 12.5 Å². The molecule has 1 saturated heterocycles. The molecule has 6 nitrogen and oxygen atoms in total. The van der Waals surface area contributed by atoms with Crippen molar-refractivity contribution in [3.05, 3.63) is 35.9 Å². The highest BCUT2D eigenvalue weighted by atomic mass is 19.4. The molecule has 0 saturated carbocycles. The summed E-state index contributed by atoms with van der Waals surface area (Å²) < 4.78 is 39.0. The zero-order valence-corrected chi connectivity index (χ0v) is 15.2. The summed E-state index contributed by atoms with van der Waals surface area (Å²) in [5, 5.41) is 11.6. The van der Waals surface area contributed by atoms with Crippen LogP contribution in [0, 0.1) is 11.8 Å². The number of hydrogen-bond donors (Lipinski definition) is 2. The van der Waals surface area contributed by atoms with Crippen molar-refractivity contribution < 1.29 is 27.9 Å². The molecule has 3 atom stereocenters. The van der Waals surface area contributed by atoms with Crippen LogP contribution in [0.5, 0.6) is 0 Å². The molecule has 9 heteroatoms. The lowest BCUT2D eigenvalue weighted by atomic mass is 9.96. The molecule has 2 rings (SSSR count). The Bertz CT molecular complexity index is 654. The number of carboxylic acids is 1. The Hall–Kier alpha value is -2.29. The number of carbonyl (C=O) groups excluding carboxylic acids is 1. The summed E-state index contributed by atoms with van der Waals surface area (Å²) >= 11 is 0. The molecule has 150 valence electrons. The lowest BCUT2D eigenvalue weighted by molar-refractivity contribution is -0.187. The maximum absolute atomic E-state index is 13.0. The van der Waals surface area contributed by atoms with Crippen LogP contribution in [0.4, 0.5) is 18.0 Å². The van der Waals surface area contributed by atoms with E-state index in [0.29, 0.717) is 6.54 Å². The third-order valence-electron chi connectivity index (χ3n) is 4.92. The van der Waals surface area contributed by atoms with Gasteiger partial charge in [0.2, 0.25) is 0 Å². The van der Waals surface area contributed by atoms with Gasteiger partial charge in [-0.25, -0.2) is 4.79 Å². The van der Waals surface area contributed by atoms with Crippen molar-refractivity contribution >= 4 is 12.0 Å². The summed E-state index contributed by atoms with van der Waals surface area (Å²) in [5.41, 5.74) is 1.11. The van der Waals surface area contributed by atoms with E-state index in [4.69, 9.17) is 5.11 Å². The van der Waals surface area contributed by atoms with Crippen LogP contribution in [0.2, 0.25) is 0 Å². The normalized spacial score (nSPS) is 21.3. The molecule has 1 aromatic rings. The Kier molecular flexibility index (Phi) is 6.69. The quantitative estimate of drug-likeness (QED) is 0.786. The van der Waals surface area contributed by atoms with Crippen molar-refractivity contribution in [2.24, 2.45) is 11.8 Å². The predicted octanol–water partition coefficient (Wildman–Crippen LogP) is 2.41. The van der Waals surface area contributed by atoms with Crippen LogP contribution in [0.15, 0.2) is 30.3 Å². The van der Waals surface area contributed by atoms with Gasteiger partial charge in [0.1, 0.15) is 0 Å². The van der Waals surface area contributed by atoms with Gasteiger partial charge >= 0.3 is 18.2 Å². The molecule has 0 aliphatic carbocycles. The summed E-state index contributed by atoms with van der Waals surface area (Å²) in [6.45, 7) is 1.72. The Balaban J connectivity index is 1.87. The molecule has 2 N–H and O–H groups in total. The van der Waals surface area contributed by atoms with E-state index in [1.165, 1.54) is 0 Å². The van der Waals surface area contributed by atoms with Crippen molar-refractivity contribution in [2.45, 2.75) is 25.7 Å². The summed E-state index contributed by atoms with van der Waals surface area (Å²) in [6.07, 6.45) is -4.65. The van der Waals surface area contributed by atoms with Crippen LogP contribution in [-0.4, -0.2) is 65.8 Å². The van der Waals surface area contributed by atoms with Crippen molar-refractivity contribution in [1.82, 2.24) is 15.1 Å². The first-order valence-electron chi connectivity index (χ1n) is 8.66. The largest absolute Gasteiger partial charge is 0.481 e. The minimum atomic E-state index is -4.65. The Morgan fingerprint density at radius 1 is 1.30 bits per heavy atom.